The Bertz CT molecular complexity index is 1030. The Balaban J connectivity index is 1.67. The standard InChI is InChI=1S/C15H11BrN6O/c1-22-11-5-3-2-4-10(11)13-14(22)18-15(21-19-13)20-17-8-9-6-7-12(16)23-9/h2-8H,1H3,(H,18,20,21)/b17-8-. The molecule has 0 amide bonds. The summed E-state index contributed by atoms with van der Waals surface area (Å²) in [6.07, 6.45) is 1.54. The van der Waals surface area contributed by atoms with Crippen LogP contribution in [0.4, 0.5) is 5.95 Å². The minimum Gasteiger partial charge on any atom is -0.448 e. The lowest BCUT2D eigenvalue weighted by Gasteiger charge is -1.99. The minimum atomic E-state index is 0.324. The van der Waals surface area contributed by atoms with Gasteiger partial charge in [-0.05, 0) is 34.1 Å². The lowest BCUT2D eigenvalue weighted by atomic mass is 10.2. The van der Waals surface area contributed by atoms with Gasteiger partial charge in [0.1, 0.15) is 11.3 Å². The van der Waals surface area contributed by atoms with E-state index in [0.29, 0.717) is 16.4 Å². The fraction of sp³-hybridized carbons (Fsp3) is 0.0667. The molecule has 0 atom stereocenters. The van der Waals surface area contributed by atoms with Crippen LogP contribution in [-0.4, -0.2) is 26.0 Å². The lowest BCUT2D eigenvalue weighted by Crippen LogP contribution is -2.00. The van der Waals surface area contributed by atoms with Gasteiger partial charge in [0.25, 0.3) is 5.95 Å². The Hall–Kier alpha value is -2.74. The van der Waals surface area contributed by atoms with E-state index in [9.17, 15) is 0 Å². The molecule has 8 heteroatoms. The molecular formula is C15H11BrN6O. The van der Waals surface area contributed by atoms with E-state index in [4.69, 9.17) is 4.42 Å². The summed E-state index contributed by atoms with van der Waals surface area (Å²) in [5.74, 6) is 0.938. The second-order valence-electron chi connectivity index (χ2n) is 4.90. The molecule has 4 rings (SSSR count). The van der Waals surface area contributed by atoms with Crippen molar-refractivity contribution in [2.45, 2.75) is 0 Å². The van der Waals surface area contributed by atoms with E-state index >= 15 is 0 Å². The molecule has 1 aromatic carbocycles. The van der Waals surface area contributed by atoms with Crippen LogP contribution in [0, 0.1) is 0 Å². The predicted octanol–water partition coefficient (Wildman–Crippen LogP) is 3.32. The van der Waals surface area contributed by atoms with Gasteiger partial charge in [-0.25, -0.2) is 5.43 Å². The second kappa shape index (κ2) is 5.47. The molecule has 4 aromatic rings. The summed E-state index contributed by atoms with van der Waals surface area (Å²) in [6.45, 7) is 0. The lowest BCUT2D eigenvalue weighted by molar-refractivity contribution is 0.534. The van der Waals surface area contributed by atoms with Crippen molar-refractivity contribution in [1.29, 1.82) is 0 Å². The number of furan rings is 1. The Morgan fingerprint density at radius 2 is 2.09 bits per heavy atom. The molecule has 0 aliphatic rings. The topological polar surface area (TPSA) is 81.1 Å². The number of nitrogens with one attached hydrogen (secondary N) is 1. The Kier molecular flexibility index (Phi) is 3.30. The van der Waals surface area contributed by atoms with Gasteiger partial charge in [-0.2, -0.15) is 10.1 Å². The highest BCUT2D eigenvalue weighted by atomic mass is 79.9. The summed E-state index contributed by atoms with van der Waals surface area (Å²) in [5, 5.41) is 13.4. The van der Waals surface area contributed by atoms with Crippen LogP contribution >= 0.6 is 15.9 Å². The SMILES string of the molecule is Cn1c2ccccc2c2nnc(N/N=C\c3ccc(Br)o3)nc21. The summed E-state index contributed by atoms with van der Waals surface area (Å²) in [5.41, 5.74) is 5.34. The van der Waals surface area contributed by atoms with Crippen LogP contribution in [0.1, 0.15) is 5.76 Å². The van der Waals surface area contributed by atoms with Crippen LogP contribution < -0.4 is 5.43 Å². The smallest absolute Gasteiger partial charge is 0.265 e. The van der Waals surface area contributed by atoms with Gasteiger partial charge in [0.05, 0.1) is 11.7 Å². The van der Waals surface area contributed by atoms with Crippen LogP contribution in [0.5, 0.6) is 0 Å². The third kappa shape index (κ3) is 2.46. The number of aromatic nitrogens is 4. The number of hydrogen-bond acceptors (Lipinski definition) is 6. The summed E-state index contributed by atoms with van der Waals surface area (Å²) in [4.78, 5) is 4.47. The maximum absolute atomic E-state index is 5.32. The number of aryl methyl sites for hydroxylation is 1. The first kappa shape index (κ1) is 13.9. The molecule has 7 nitrogen and oxygen atoms in total. The highest BCUT2D eigenvalue weighted by Crippen LogP contribution is 2.24. The van der Waals surface area contributed by atoms with E-state index in [2.05, 4.69) is 41.6 Å². The molecule has 0 unspecified atom stereocenters. The number of anilines is 1. The number of para-hydroxylation sites is 1. The molecule has 0 saturated heterocycles. The number of fused-ring (bicyclic) bond motifs is 3. The zero-order chi connectivity index (χ0) is 15.8. The van der Waals surface area contributed by atoms with Gasteiger partial charge in [-0.15, -0.1) is 10.2 Å². The molecule has 0 spiro atoms. The second-order valence-corrected chi connectivity index (χ2v) is 5.68. The van der Waals surface area contributed by atoms with E-state index < -0.39 is 0 Å². The van der Waals surface area contributed by atoms with Crippen molar-refractivity contribution < 1.29 is 4.42 Å². The molecule has 0 aliphatic heterocycles. The normalized spacial score (nSPS) is 11.7. The fourth-order valence-corrected chi connectivity index (χ4v) is 2.72. The number of hydrazone groups is 1. The van der Waals surface area contributed by atoms with Crippen LogP contribution in [0.2, 0.25) is 0 Å². The van der Waals surface area contributed by atoms with Crippen LogP contribution in [0.15, 0.2) is 50.6 Å². The molecular weight excluding hydrogens is 360 g/mol. The van der Waals surface area contributed by atoms with Gasteiger partial charge in [-0.3, -0.25) is 0 Å². The maximum Gasteiger partial charge on any atom is 0.265 e. The molecule has 0 radical (unpaired) electrons. The summed E-state index contributed by atoms with van der Waals surface area (Å²) < 4.78 is 7.95. The first-order valence-electron chi connectivity index (χ1n) is 6.84. The zero-order valence-corrected chi connectivity index (χ0v) is 13.6. The Morgan fingerprint density at radius 3 is 2.91 bits per heavy atom. The largest absolute Gasteiger partial charge is 0.448 e. The molecule has 114 valence electrons. The van der Waals surface area contributed by atoms with E-state index in [1.165, 1.54) is 0 Å². The first-order valence-corrected chi connectivity index (χ1v) is 7.64. The van der Waals surface area contributed by atoms with E-state index in [1.807, 2.05) is 35.9 Å². The minimum absolute atomic E-state index is 0.324. The van der Waals surface area contributed by atoms with Crippen LogP contribution in [-0.2, 0) is 7.05 Å². The van der Waals surface area contributed by atoms with Gasteiger partial charge in [-0.1, -0.05) is 18.2 Å². The highest BCUT2D eigenvalue weighted by Gasteiger charge is 2.11. The molecule has 0 fully saturated rings. The van der Waals surface area contributed by atoms with Gasteiger partial charge in [0, 0.05) is 12.4 Å². The van der Waals surface area contributed by atoms with Crippen LogP contribution in [0.25, 0.3) is 22.1 Å². The maximum atomic E-state index is 5.32. The Labute approximate surface area is 139 Å². The molecule has 3 aromatic heterocycles. The van der Waals surface area contributed by atoms with Crippen molar-refractivity contribution in [2.75, 3.05) is 5.43 Å². The van der Waals surface area contributed by atoms with Crippen molar-refractivity contribution in [3.63, 3.8) is 0 Å². The quantitative estimate of drug-likeness (QED) is 0.441. The summed E-state index contributed by atoms with van der Waals surface area (Å²) >= 11 is 3.23. The fourth-order valence-electron chi connectivity index (χ4n) is 2.40. The van der Waals surface area contributed by atoms with E-state index in [1.54, 1.807) is 18.3 Å². The summed E-state index contributed by atoms with van der Waals surface area (Å²) in [7, 11) is 1.95. The third-order valence-electron chi connectivity index (χ3n) is 3.46. The Morgan fingerprint density at radius 1 is 1.22 bits per heavy atom. The molecule has 23 heavy (non-hydrogen) atoms. The number of halogens is 1. The zero-order valence-electron chi connectivity index (χ0n) is 12.1. The molecule has 0 aliphatic carbocycles. The van der Waals surface area contributed by atoms with E-state index in [-0.39, 0.29) is 0 Å². The van der Waals surface area contributed by atoms with Gasteiger partial charge in [0.15, 0.2) is 10.3 Å². The average molecular weight is 371 g/mol. The highest BCUT2D eigenvalue weighted by molar-refractivity contribution is 9.10. The van der Waals surface area contributed by atoms with Crippen molar-refractivity contribution in [1.82, 2.24) is 19.7 Å². The average Bonchev–Trinajstić information content (AvgIpc) is 3.10. The third-order valence-corrected chi connectivity index (χ3v) is 3.88. The van der Waals surface area contributed by atoms with Crippen molar-refractivity contribution in [2.24, 2.45) is 12.1 Å². The summed E-state index contributed by atoms with van der Waals surface area (Å²) in [6, 6.07) is 11.6. The monoisotopic (exact) mass is 370 g/mol. The predicted molar refractivity (Wildman–Crippen MR) is 91.4 cm³/mol. The van der Waals surface area contributed by atoms with Crippen LogP contribution in [0.3, 0.4) is 0 Å². The molecule has 3 heterocycles. The molecule has 0 saturated carbocycles. The molecule has 0 bridgehead atoms. The van der Waals surface area contributed by atoms with E-state index in [0.717, 1.165) is 22.1 Å². The number of benzene rings is 1. The molecule has 1 N–H and O–H groups in total. The number of hydrogen-bond donors (Lipinski definition) is 1. The van der Waals surface area contributed by atoms with Gasteiger partial charge >= 0.3 is 0 Å². The van der Waals surface area contributed by atoms with Gasteiger partial charge in [0.2, 0.25) is 0 Å². The van der Waals surface area contributed by atoms with Crippen molar-refractivity contribution in [3.05, 3.63) is 46.8 Å². The van der Waals surface area contributed by atoms with Crippen molar-refractivity contribution in [3.8, 4) is 0 Å². The number of rotatable bonds is 3. The van der Waals surface area contributed by atoms with Gasteiger partial charge < -0.3 is 8.98 Å². The number of nitrogens with zero attached hydrogens (tertiary/aromatic N) is 5. The van der Waals surface area contributed by atoms with Crippen molar-refractivity contribution >= 4 is 50.2 Å². The first-order chi connectivity index (χ1) is 11.2.